The summed E-state index contributed by atoms with van der Waals surface area (Å²) in [7, 11) is 0. The zero-order valence-electron chi connectivity index (χ0n) is 16.6. The number of esters is 1. The molecule has 1 aromatic heterocycles. The zero-order chi connectivity index (χ0) is 21.5. The monoisotopic (exact) mass is 407 g/mol. The molecule has 0 atom stereocenters. The third-order valence-electron chi connectivity index (χ3n) is 4.27. The average Bonchev–Trinajstić information content (AvgIpc) is 3.28. The van der Waals surface area contributed by atoms with Crippen LogP contribution in [0.3, 0.4) is 0 Å². The second kappa shape index (κ2) is 9.56. The third kappa shape index (κ3) is 4.94. The molecule has 0 radical (unpaired) electrons. The molecule has 1 N–H and O–H groups in total. The number of amides is 1. The minimum absolute atomic E-state index is 0.0875. The van der Waals surface area contributed by atoms with Crippen molar-refractivity contribution < 1.29 is 28.3 Å². The predicted molar refractivity (Wildman–Crippen MR) is 110 cm³/mol. The largest absolute Gasteiger partial charge is 0.493 e. The maximum Gasteiger partial charge on any atom is 0.340 e. The van der Waals surface area contributed by atoms with Gasteiger partial charge in [-0.05, 0) is 56.3 Å². The van der Waals surface area contributed by atoms with Gasteiger partial charge in [-0.25, -0.2) is 4.79 Å². The summed E-state index contributed by atoms with van der Waals surface area (Å²) in [5.41, 5.74) is 1.56. The topological polar surface area (TPSA) is 94.8 Å². The van der Waals surface area contributed by atoms with Crippen LogP contribution in [-0.4, -0.2) is 24.3 Å². The quantitative estimate of drug-likeness (QED) is 0.437. The number of Topliss-reactive ketones (excluding diaryl/α,β-unsaturated/α-hetero) is 1. The van der Waals surface area contributed by atoms with Crippen LogP contribution in [-0.2, 0) is 11.3 Å². The van der Waals surface area contributed by atoms with Gasteiger partial charge in [0.1, 0.15) is 12.4 Å². The van der Waals surface area contributed by atoms with Crippen molar-refractivity contribution in [1.29, 1.82) is 0 Å². The first-order chi connectivity index (χ1) is 14.5. The van der Waals surface area contributed by atoms with Crippen molar-refractivity contribution in [3.05, 3.63) is 83.3 Å². The molecule has 0 aliphatic rings. The van der Waals surface area contributed by atoms with Crippen LogP contribution in [0, 0.1) is 0 Å². The number of nitrogens with one attached hydrogen (secondary N) is 1. The van der Waals surface area contributed by atoms with E-state index in [4.69, 9.17) is 13.9 Å². The summed E-state index contributed by atoms with van der Waals surface area (Å²) in [6, 6.07) is 14.6. The van der Waals surface area contributed by atoms with Crippen LogP contribution in [0.1, 0.15) is 50.7 Å². The molecule has 0 fully saturated rings. The summed E-state index contributed by atoms with van der Waals surface area (Å²) in [5.74, 6) is -0.541. The van der Waals surface area contributed by atoms with Gasteiger partial charge in [-0.3, -0.25) is 9.59 Å². The number of carbonyl (C=O) groups excluding carboxylic acids is 3. The fourth-order valence-corrected chi connectivity index (χ4v) is 2.79. The Bertz CT molecular complexity index is 1060. The summed E-state index contributed by atoms with van der Waals surface area (Å²) < 4.78 is 16.1. The summed E-state index contributed by atoms with van der Waals surface area (Å²) in [6.45, 7) is 3.65. The molecule has 30 heavy (non-hydrogen) atoms. The Morgan fingerprint density at radius 3 is 2.53 bits per heavy atom. The molecule has 154 valence electrons. The van der Waals surface area contributed by atoms with Crippen molar-refractivity contribution in [3.8, 4) is 5.75 Å². The molecular weight excluding hydrogens is 386 g/mol. The molecular formula is C23H21NO6. The molecule has 0 bridgehead atoms. The highest BCUT2D eigenvalue weighted by Gasteiger charge is 2.17. The smallest absolute Gasteiger partial charge is 0.340 e. The first-order valence-electron chi connectivity index (χ1n) is 9.37. The number of ketones is 1. The highest BCUT2D eigenvalue weighted by Crippen LogP contribution is 2.23. The van der Waals surface area contributed by atoms with E-state index in [1.54, 1.807) is 48.5 Å². The Labute approximate surface area is 173 Å². The number of hydrogen-bond donors (Lipinski definition) is 1. The lowest BCUT2D eigenvalue weighted by atomic mass is 10.1. The molecule has 7 heteroatoms. The SMILES string of the molecule is CCOc1ccc(C(C)=O)cc1COC(=O)c1ccccc1NC(=O)c1ccco1. The van der Waals surface area contributed by atoms with Crippen LogP contribution < -0.4 is 10.1 Å². The maximum atomic E-state index is 12.7. The number of rotatable bonds is 8. The van der Waals surface area contributed by atoms with Crippen LogP contribution in [0.15, 0.2) is 65.3 Å². The Morgan fingerprint density at radius 1 is 1.03 bits per heavy atom. The number of ether oxygens (including phenoxy) is 2. The van der Waals surface area contributed by atoms with E-state index in [0.29, 0.717) is 29.2 Å². The normalized spacial score (nSPS) is 10.3. The molecule has 3 rings (SSSR count). The van der Waals surface area contributed by atoms with E-state index >= 15 is 0 Å². The van der Waals surface area contributed by atoms with Gasteiger partial charge in [0.2, 0.25) is 0 Å². The lowest BCUT2D eigenvalue weighted by Crippen LogP contribution is -2.15. The van der Waals surface area contributed by atoms with Crippen LogP contribution in [0.25, 0.3) is 0 Å². The first kappa shape index (κ1) is 20.9. The van der Waals surface area contributed by atoms with Gasteiger partial charge in [-0.2, -0.15) is 0 Å². The van der Waals surface area contributed by atoms with Gasteiger partial charge in [0.05, 0.1) is 24.1 Å². The van der Waals surface area contributed by atoms with Crippen molar-refractivity contribution in [2.24, 2.45) is 0 Å². The third-order valence-corrected chi connectivity index (χ3v) is 4.27. The molecule has 0 aliphatic heterocycles. The lowest BCUT2D eigenvalue weighted by molar-refractivity contribution is 0.0471. The highest BCUT2D eigenvalue weighted by molar-refractivity contribution is 6.06. The summed E-state index contributed by atoms with van der Waals surface area (Å²) in [6.07, 6.45) is 1.39. The molecule has 0 saturated heterocycles. The Morgan fingerprint density at radius 2 is 1.83 bits per heavy atom. The molecule has 0 saturated carbocycles. The summed E-state index contributed by atoms with van der Waals surface area (Å²) >= 11 is 0. The number of anilines is 1. The fourth-order valence-electron chi connectivity index (χ4n) is 2.79. The predicted octanol–water partition coefficient (Wildman–Crippen LogP) is 4.49. The molecule has 0 unspecified atom stereocenters. The fraction of sp³-hybridized carbons (Fsp3) is 0.174. The van der Waals surface area contributed by atoms with E-state index in [1.165, 1.54) is 19.3 Å². The van der Waals surface area contributed by atoms with Gasteiger partial charge < -0.3 is 19.2 Å². The number of carbonyl (C=O) groups is 3. The second-order valence-corrected chi connectivity index (χ2v) is 6.36. The van der Waals surface area contributed by atoms with E-state index in [2.05, 4.69) is 5.32 Å². The highest BCUT2D eigenvalue weighted by atomic mass is 16.5. The van der Waals surface area contributed by atoms with E-state index in [9.17, 15) is 14.4 Å². The molecule has 1 heterocycles. The van der Waals surface area contributed by atoms with Gasteiger partial charge in [0.25, 0.3) is 5.91 Å². The Balaban J connectivity index is 1.76. The lowest BCUT2D eigenvalue weighted by Gasteiger charge is -2.13. The Kier molecular flexibility index (Phi) is 6.64. The van der Waals surface area contributed by atoms with Gasteiger partial charge in [-0.15, -0.1) is 0 Å². The van der Waals surface area contributed by atoms with Crippen molar-refractivity contribution in [2.45, 2.75) is 20.5 Å². The molecule has 3 aromatic rings. The molecule has 2 aromatic carbocycles. The number of para-hydroxylation sites is 1. The van der Waals surface area contributed by atoms with Gasteiger partial charge in [0.15, 0.2) is 11.5 Å². The minimum Gasteiger partial charge on any atom is -0.493 e. The van der Waals surface area contributed by atoms with Gasteiger partial charge in [-0.1, -0.05) is 12.1 Å². The summed E-state index contributed by atoms with van der Waals surface area (Å²) in [5, 5.41) is 2.64. The molecule has 0 spiro atoms. The second-order valence-electron chi connectivity index (χ2n) is 6.36. The van der Waals surface area contributed by atoms with E-state index in [0.717, 1.165) is 0 Å². The van der Waals surface area contributed by atoms with Crippen molar-refractivity contribution in [3.63, 3.8) is 0 Å². The Hall–Kier alpha value is -3.87. The van der Waals surface area contributed by atoms with Crippen LogP contribution in [0.2, 0.25) is 0 Å². The average molecular weight is 407 g/mol. The minimum atomic E-state index is -0.624. The van der Waals surface area contributed by atoms with E-state index in [1.807, 2.05) is 6.92 Å². The van der Waals surface area contributed by atoms with Crippen molar-refractivity contribution >= 4 is 23.3 Å². The van der Waals surface area contributed by atoms with Crippen LogP contribution in [0.5, 0.6) is 5.75 Å². The molecule has 0 aliphatic carbocycles. The van der Waals surface area contributed by atoms with E-state index in [-0.39, 0.29) is 23.7 Å². The summed E-state index contributed by atoms with van der Waals surface area (Å²) in [4.78, 5) is 36.6. The number of hydrogen-bond acceptors (Lipinski definition) is 6. The zero-order valence-corrected chi connectivity index (χ0v) is 16.6. The number of benzene rings is 2. The van der Waals surface area contributed by atoms with Crippen LogP contribution >= 0.6 is 0 Å². The van der Waals surface area contributed by atoms with Gasteiger partial charge >= 0.3 is 5.97 Å². The van der Waals surface area contributed by atoms with Gasteiger partial charge in [0, 0.05) is 11.1 Å². The number of furan rings is 1. The van der Waals surface area contributed by atoms with Crippen LogP contribution in [0.4, 0.5) is 5.69 Å². The molecule has 7 nitrogen and oxygen atoms in total. The van der Waals surface area contributed by atoms with Crippen molar-refractivity contribution in [1.82, 2.24) is 0 Å². The van der Waals surface area contributed by atoms with E-state index < -0.39 is 11.9 Å². The first-order valence-corrected chi connectivity index (χ1v) is 9.37. The maximum absolute atomic E-state index is 12.7. The standard InChI is InChI=1S/C23H21NO6/c1-3-28-20-11-10-16(15(2)25)13-17(20)14-30-23(27)18-7-4-5-8-19(18)24-22(26)21-9-6-12-29-21/h4-13H,3,14H2,1-2H3,(H,24,26). The van der Waals surface area contributed by atoms with Crippen molar-refractivity contribution in [2.75, 3.05) is 11.9 Å². The molecule has 1 amide bonds.